The van der Waals surface area contributed by atoms with Gasteiger partial charge in [0.1, 0.15) is 0 Å². The van der Waals surface area contributed by atoms with Crippen LogP contribution in [-0.4, -0.2) is 33.0 Å². The van der Waals surface area contributed by atoms with E-state index in [4.69, 9.17) is 0 Å². The molecule has 1 fully saturated rings. The van der Waals surface area contributed by atoms with Gasteiger partial charge in [-0.25, -0.2) is 8.42 Å². The fraction of sp³-hybridized carbons (Fsp3) is 1.00. The minimum atomic E-state index is -2.90. The van der Waals surface area contributed by atoms with Gasteiger partial charge in [0.05, 0.1) is 11.5 Å². The van der Waals surface area contributed by atoms with Crippen molar-refractivity contribution in [2.45, 2.75) is 52.0 Å². The molecule has 1 rings (SSSR count). The minimum absolute atomic E-state index is 0.152. The van der Waals surface area contributed by atoms with Crippen molar-refractivity contribution in [1.29, 1.82) is 0 Å². The zero-order chi connectivity index (χ0) is 12.9. The summed E-state index contributed by atoms with van der Waals surface area (Å²) in [7, 11) is -1.01. The second kappa shape index (κ2) is 6.74. The second-order valence-electron chi connectivity index (χ2n) is 5.76. The fourth-order valence-electron chi connectivity index (χ4n) is 2.84. The van der Waals surface area contributed by atoms with E-state index in [1.54, 1.807) is 0 Å². The highest BCUT2D eigenvalue weighted by Crippen LogP contribution is 2.27. The van der Waals surface area contributed by atoms with Gasteiger partial charge < -0.3 is 5.32 Å². The topological polar surface area (TPSA) is 46.2 Å². The Morgan fingerprint density at radius 2 is 1.71 bits per heavy atom. The first-order chi connectivity index (χ1) is 7.94. The highest BCUT2D eigenvalue weighted by atomic mass is 32.2. The van der Waals surface area contributed by atoms with Crippen molar-refractivity contribution in [2.24, 2.45) is 11.8 Å². The molecule has 0 saturated heterocycles. The molecule has 1 atom stereocenters. The Labute approximate surface area is 106 Å². The maximum absolute atomic E-state index is 12.0. The predicted molar refractivity (Wildman–Crippen MR) is 72.9 cm³/mol. The third-order valence-electron chi connectivity index (χ3n) is 3.61. The quantitative estimate of drug-likeness (QED) is 0.797. The number of rotatable bonds is 6. The molecule has 1 aliphatic carbocycles. The molecule has 1 unspecified atom stereocenters. The minimum Gasteiger partial charge on any atom is -0.316 e. The van der Waals surface area contributed by atoms with E-state index in [1.807, 2.05) is 20.9 Å². The molecule has 1 saturated carbocycles. The van der Waals surface area contributed by atoms with Crippen LogP contribution in [0.4, 0.5) is 0 Å². The highest BCUT2D eigenvalue weighted by molar-refractivity contribution is 7.91. The number of sulfone groups is 1. The van der Waals surface area contributed by atoms with Crippen LogP contribution in [0.5, 0.6) is 0 Å². The molecule has 0 bridgehead atoms. The van der Waals surface area contributed by atoms with E-state index in [0.29, 0.717) is 17.4 Å². The van der Waals surface area contributed by atoms with E-state index in [2.05, 4.69) is 5.32 Å². The van der Waals surface area contributed by atoms with Gasteiger partial charge in [-0.05, 0) is 31.7 Å². The number of hydrogen-bond donors (Lipinski definition) is 1. The van der Waals surface area contributed by atoms with E-state index >= 15 is 0 Å². The zero-order valence-corrected chi connectivity index (χ0v) is 12.2. The van der Waals surface area contributed by atoms with Crippen LogP contribution in [0.25, 0.3) is 0 Å². The molecule has 1 N–H and O–H groups in total. The van der Waals surface area contributed by atoms with Crippen molar-refractivity contribution < 1.29 is 8.42 Å². The summed E-state index contributed by atoms with van der Waals surface area (Å²) in [5.74, 6) is 1.41. The van der Waals surface area contributed by atoms with E-state index in [1.165, 1.54) is 32.1 Å². The maximum atomic E-state index is 12.0. The summed E-state index contributed by atoms with van der Waals surface area (Å²) in [4.78, 5) is 0. The Bertz CT molecular complexity index is 305. The van der Waals surface area contributed by atoms with Crippen molar-refractivity contribution in [3.05, 3.63) is 0 Å². The summed E-state index contributed by atoms with van der Waals surface area (Å²) in [6.07, 6.45) is 6.19. The smallest absolute Gasteiger partial charge is 0.152 e. The molecule has 0 aromatic heterocycles. The van der Waals surface area contributed by atoms with Gasteiger partial charge in [0.25, 0.3) is 0 Å². The van der Waals surface area contributed by atoms with E-state index in [9.17, 15) is 8.42 Å². The average Bonchev–Trinajstić information content (AvgIpc) is 2.25. The zero-order valence-electron chi connectivity index (χ0n) is 11.4. The summed E-state index contributed by atoms with van der Waals surface area (Å²) >= 11 is 0. The predicted octanol–water partition coefficient (Wildman–Crippen LogP) is 2.23. The van der Waals surface area contributed by atoms with Crippen LogP contribution in [0.3, 0.4) is 0 Å². The van der Waals surface area contributed by atoms with Crippen LogP contribution in [0.15, 0.2) is 0 Å². The van der Waals surface area contributed by atoms with E-state index in [0.717, 1.165) is 0 Å². The van der Waals surface area contributed by atoms with E-state index in [-0.39, 0.29) is 12.0 Å². The number of hydrogen-bond acceptors (Lipinski definition) is 3. The normalized spacial score (nSPS) is 20.7. The summed E-state index contributed by atoms with van der Waals surface area (Å²) in [6.45, 7) is 3.93. The van der Waals surface area contributed by atoms with Gasteiger partial charge in [0.2, 0.25) is 0 Å². The van der Waals surface area contributed by atoms with Crippen LogP contribution in [0.2, 0.25) is 0 Å². The molecule has 17 heavy (non-hydrogen) atoms. The number of nitrogens with one attached hydrogen (secondary N) is 1. The molecule has 0 aromatic carbocycles. The summed E-state index contributed by atoms with van der Waals surface area (Å²) < 4.78 is 24.0. The van der Waals surface area contributed by atoms with Gasteiger partial charge in [-0.1, -0.05) is 33.1 Å². The first-order valence-electron chi connectivity index (χ1n) is 6.82. The Kier molecular flexibility index (Phi) is 5.93. The van der Waals surface area contributed by atoms with Crippen molar-refractivity contribution in [3.63, 3.8) is 0 Å². The lowest BCUT2D eigenvalue weighted by molar-refractivity contribution is 0.292. The molecule has 0 radical (unpaired) electrons. The van der Waals surface area contributed by atoms with Crippen molar-refractivity contribution >= 4 is 9.84 Å². The molecule has 0 amide bonds. The average molecular weight is 261 g/mol. The van der Waals surface area contributed by atoms with Crippen molar-refractivity contribution in [1.82, 2.24) is 5.32 Å². The molecule has 1 aliphatic rings. The Morgan fingerprint density at radius 1 is 1.12 bits per heavy atom. The van der Waals surface area contributed by atoms with Gasteiger partial charge in [-0.3, -0.25) is 0 Å². The standard InChI is InChI=1S/C13H27NO2S/c1-11(2)9-17(15,16)10-13(14-3)12-7-5-4-6-8-12/h11-14H,4-10H2,1-3H3. The molecular weight excluding hydrogens is 234 g/mol. The summed E-state index contributed by atoms with van der Waals surface area (Å²) in [6, 6.07) is 0.152. The Hall–Kier alpha value is -0.0900. The third kappa shape index (κ3) is 5.38. The lowest BCUT2D eigenvalue weighted by Gasteiger charge is -2.30. The lowest BCUT2D eigenvalue weighted by Crippen LogP contribution is -2.41. The van der Waals surface area contributed by atoms with Crippen LogP contribution in [-0.2, 0) is 9.84 Å². The molecule has 0 heterocycles. The van der Waals surface area contributed by atoms with Crippen molar-refractivity contribution in [2.75, 3.05) is 18.6 Å². The highest BCUT2D eigenvalue weighted by Gasteiger charge is 2.27. The van der Waals surface area contributed by atoms with Crippen LogP contribution < -0.4 is 5.32 Å². The van der Waals surface area contributed by atoms with Crippen molar-refractivity contribution in [3.8, 4) is 0 Å². The summed E-state index contributed by atoms with van der Waals surface area (Å²) in [5, 5.41) is 3.22. The van der Waals surface area contributed by atoms with Gasteiger partial charge >= 0.3 is 0 Å². The van der Waals surface area contributed by atoms with E-state index < -0.39 is 9.84 Å². The molecule has 102 valence electrons. The van der Waals surface area contributed by atoms with Gasteiger partial charge in [0.15, 0.2) is 9.84 Å². The van der Waals surface area contributed by atoms with Crippen LogP contribution in [0, 0.1) is 11.8 Å². The SMILES string of the molecule is CNC(CS(=O)(=O)CC(C)C)C1CCCCC1. The lowest BCUT2D eigenvalue weighted by atomic mass is 9.84. The monoisotopic (exact) mass is 261 g/mol. The molecule has 3 nitrogen and oxygen atoms in total. The van der Waals surface area contributed by atoms with Crippen LogP contribution >= 0.6 is 0 Å². The molecular formula is C13H27NO2S. The molecule has 0 spiro atoms. The summed E-state index contributed by atoms with van der Waals surface area (Å²) in [5.41, 5.74) is 0. The largest absolute Gasteiger partial charge is 0.316 e. The first kappa shape index (κ1) is 15.0. The molecule has 0 aromatic rings. The Balaban J connectivity index is 2.56. The maximum Gasteiger partial charge on any atom is 0.152 e. The van der Waals surface area contributed by atoms with Gasteiger partial charge in [-0.2, -0.15) is 0 Å². The first-order valence-corrected chi connectivity index (χ1v) is 8.64. The Morgan fingerprint density at radius 3 is 2.18 bits per heavy atom. The third-order valence-corrected chi connectivity index (χ3v) is 5.65. The molecule has 4 heteroatoms. The fourth-order valence-corrected chi connectivity index (χ4v) is 4.98. The van der Waals surface area contributed by atoms with Crippen LogP contribution in [0.1, 0.15) is 46.0 Å². The molecule has 0 aliphatic heterocycles. The van der Waals surface area contributed by atoms with Gasteiger partial charge in [-0.15, -0.1) is 0 Å². The van der Waals surface area contributed by atoms with Gasteiger partial charge in [0, 0.05) is 6.04 Å². The second-order valence-corrected chi connectivity index (χ2v) is 7.92.